The lowest BCUT2D eigenvalue weighted by molar-refractivity contribution is 0.0764. The molecular formula is C23H17ClFN5O2. The molecule has 0 fully saturated rings. The van der Waals surface area contributed by atoms with Gasteiger partial charge in [0.05, 0.1) is 11.2 Å². The van der Waals surface area contributed by atoms with Gasteiger partial charge in [0.25, 0.3) is 5.91 Å². The third kappa shape index (κ3) is 3.69. The third-order valence-corrected chi connectivity index (χ3v) is 5.51. The number of hydrogen-bond donors (Lipinski definition) is 0. The number of carbonyl (C=O) groups is 1. The van der Waals surface area contributed by atoms with E-state index in [4.69, 9.17) is 16.3 Å². The molecule has 7 nitrogen and oxygen atoms in total. The molecule has 2 aromatic heterocycles. The van der Waals surface area contributed by atoms with Gasteiger partial charge in [-0.3, -0.25) is 9.48 Å². The number of aryl methyl sites for hydroxylation is 1. The summed E-state index contributed by atoms with van der Waals surface area (Å²) in [4.78, 5) is 19.0. The van der Waals surface area contributed by atoms with Crippen LogP contribution in [0.15, 0.2) is 60.9 Å². The predicted octanol–water partition coefficient (Wildman–Crippen LogP) is 4.62. The number of aromatic nitrogens is 4. The second-order valence-corrected chi connectivity index (χ2v) is 7.85. The van der Waals surface area contributed by atoms with E-state index in [1.165, 1.54) is 24.4 Å². The molecule has 0 atom stereocenters. The maximum Gasteiger partial charge on any atom is 0.260 e. The van der Waals surface area contributed by atoms with E-state index in [0.29, 0.717) is 18.7 Å². The molecule has 5 rings (SSSR count). The number of nitrogens with zero attached hydrogens (tertiary/aromatic N) is 5. The summed E-state index contributed by atoms with van der Waals surface area (Å²) in [6, 6.07) is 13.8. The molecule has 4 aromatic rings. The number of benzene rings is 2. The van der Waals surface area contributed by atoms with Gasteiger partial charge in [-0.25, -0.2) is 9.37 Å². The molecule has 1 aliphatic rings. The molecule has 0 aliphatic carbocycles. The first-order chi connectivity index (χ1) is 15.5. The second kappa shape index (κ2) is 8.05. The average Bonchev–Trinajstić information content (AvgIpc) is 3.35. The highest BCUT2D eigenvalue weighted by Crippen LogP contribution is 2.36. The number of carbonyl (C=O) groups excluding carboxylic acids is 1. The Balaban J connectivity index is 1.36. The van der Waals surface area contributed by atoms with Crippen molar-refractivity contribution in [3.8, 4) is 22.9 Å². The minimum atomic E-state index is -0.623. The van der Waals surface area contributed by atoms with Crippen molar-refractivity contribution in [1.29, 1.82) is 0 Å². The predicted molar refractivity (Wildman–Crippen MR) is 116 cm³/mol. The maximum atomic E-state index is 14.2. The molecule has 0 bridgehead atoms. The molecule has 0 unspecified atom stereocenters. The van der Waals surface area contributed by atoms with E-state index in [0.717, 1.165) is 22.4 Å². The molecular weight excluding hydrogens is 433 g/mol. The Hall–Kier alpha value is -3.78. The smallest absolute Gasteiger partial charge is 0.260 e. The first-order valence-corrected chi connectivity index (χ1v) is 10.2. The van der Waals surface area contributed by atoms with E-state index < -0.39 is 5.82 Å². The van der Waals surface area contributed by atoms with Crippen LogP contribution in [0.3, 0.4) is 0 Å². The van der Waals surface area contributed by atoms with Crippen molar-refractivity contribution in [2.75, 3.05) is 0 Å². The average molecular weight is 450 g/mol. The van der Waals surface area contributed by atoms with Gasteiger partial charge in [0, 0.05) is 31.9 Å². The van der Waals surface area contributed by atoms with E-state index in [1.807, 2.05) is 37.5 Å². The van der Waals surface area contributed by atoms with Crippen molar-refractivity contribution in [2.45, 2.75) is 13.1 Å². The van der Waals surface area contributed by atoms with Crippen LogP contribution in [0.2, 0.25) is 5.02 Å². The fourth-order valence-corrected chi connectivity index (χ4v) is 3.84. The van der Waals surface area contributed by atoms with Crippen LogP contribution in [0.25, 0.3) is 11.3 Å². The standard InChI is InChI=1S/C23H17ClFN5O2/c1-29-13-19(27-28-29)15-7-5-14(6-8-15)11-30-12-16-9-10-26-22(20(16)23(30)31)32-21-17(24)3-2-4-18(21)25/h2-10,13H,11-12H2,1H3. The van der Waals surface area contributed by atoms with Gasteiger partial charge in [0.15, 0.2) is 11.6 Å². The quantitative estimate of drug-likeness (QED) is 0.444. The van der Waals surface area contributed by atoms with Crippen LogP contribution in [-0.2, 0) is 20.1 Å². The number of fused-ring (bicyclic) bond motifs is 1. The summed E-state index contributed by atoms with van der Waals surface area (Å²) in [5.41, 5.74) is 3.78. The molecule has 0 N–H and O–H groups in total. The van der Waals surface area contributed by atoms with Crippen molar-refractivity contribution in [1.82, 2.24) is 24.9 Å². The summed E-state index contributed by atoms with van der Waals surface area (Å²) in [7, 11) is 1.81. The summed E-state index contributed by atoms with van der Waals surface area (Å²) in [6.07, 6.45) is 3.38. The Kier molecular flexibility index (Phi) is 5.07. The lowest BCUT2D eigenvalue weighted by atomic mass is 10.1. The molecule has 0 radical (unpaired) electrons. The molecule has 32 heavy (non-hydrogen) atoms. The molecule has 2 aromatic carbocycles. The molecule has 0 saturated carbocycles. The highest BCUT2D eigenvalue weighted by atomic mass is 35.5. The summed E-state index contributed by atoms with van der Waals surface area (Å²) >= 11 is 6.06. The van der Waals surface area contributed by atoms with Crippen molar-refractivity contribution < 1.29 is 13.9 Å². The fourth-order valence-electron chi connectivity index (χ4n) is 3.64. The SMILES string of the molecule is Cn1cc(-c2ccc(CN3Cc4ccnc(Oc5c(F)cccc5Cl)c4C3=O)cc2)nn1. The van der Waals surface area contributed by atoms with Crippen LogP contribution in [0, 0.1) is 5.82 Å². The zero-order valence-electron chi connectivity index (χ0n) is 17.0. The van der Waals surface area contributed by atoms with Gasteiger partial charge in [-0.1, -0.05) is 47.1 Å². The lowest BCUT2D eigenvalue weighted by Gasteiger charge is -2.16. The van der Waals surface area contributed by atoms with Crippen LogP contribution < -0.4 is 4.74 Å². The molecule has 160 valence electrons. The van der Waals surface area contributed by atoms with Gasteiger partial charge in [-0.15, -0.1) is 5.10 Å². The zero-order valence-corrected chi connectivity index (χ0v) is 17.8. The summed E-state index contributed by atoms with van der Waals surface area (Å²) in [5, 5.41) is 8.16. The van der Waals surface area contributed by atoms with Crippen LogP contribution in [0.1, 0.15) is 21.5 Å². The highest BCUT2D eigenvalue weighted by Gasteiger charge is 2.32. The van der Waals surface area contributed by atoms with Crippen LogP contribution in [0.4, 0.5) is 4.39 Å². The molecule has 9 heteroatoms. The Bertz CT molecular complexity index is 1300. The molecule has 1 aliphatic heterocycles. The van der Waals surface area contributed by atoms with E-state index in [9.17, 15) is 9.18 Å². The van der Waals surface area contributed by atoms with Gasteiger partial charge in [0.2, 0.25) is 5.88 Å². The monoisotopic (exact) mass is 449 g/mol. The van der Waals surface area contributed by atoms with Crippen molar-refractivity contribution in [3.63, 3.8) is 0 Å². The first kappa shape index (κ1) is 20.1. The Morgan fingerprint density at radius 2 is 1.97 bits per heavy atom. The van der Waals surface area contributed by atoms with Crippen molar-refractivity contribution >= 4 is 17.5 Å². The van der Waals surface area contributed by atoms with Crippen LogP contribution in [0.5, 0.6) is 11.6 Å². The number of ether oxygens (including phenoxy) is 1. The number of hydrogen-bond acceptors (Lipinski definition) is 5. The summed E-state index contributed by atoms with van der Waals surface area (Å²) < 4.78 is 21.4. The second-order valence-electron chi connectivity index (χ2n) is 7.44. The maximum absolute atomic E-state index is 14.2. The summed E-state index contributed by atoms with van der Waals surface area (Å²) in [5.74, 6) is -0.961. The van der Waals surface area contributed by atoms with Gasteiger partial charge in [0.1, 0.15) is 11.3 Å². The van der Waals surface area contributed by atoms with E-state index in [1.54, 1.807) is 15.6 Å². The van der Waals surface area contributed by atoms with Crippen molar-refractivity contribution in [2.24, 2.45) is 7.05 Å². The minimum Gasteiger partial charge on any atom is -0.433 e. The third-order valence-electron chi connectivity index (χ3n) is 5.21. The van der Waals surface area contributed by atoms with E-state index in [-0.39, 0.29) is 22.6 Å². The number of para-hydroxylation sites is 1. The number of rotatable bonds is 5. The highest BCUT2D eigenvalue weighted by molar-refractivity contribution is 6.32. The molecule has 0 saturated heterocycles. The number of halogens is 2. The largest absolute Gasteiger partial charge is 0.433 e. The fraction of sp³-hybridized carbons (Fsp3) is 0.130. The zero-order chi connectivity index (χ0) is 22.2. The molecule has 0 spiro atoms. The van der Waals surface area contributed by atoms with Gasteiger partial charge < -0.3 is 9.64 Å². The first-order valence-electron chi connectivity index (χ1n) is 9.84. The topological polar surface area (TPSA) is 73.1 Å². The number of pyridine rings is 1. The normalized spacial score (nSPS) is 12.8. The van der Waals surface area contributed by atoms with Gasteiger partial charge >= 0.3 is 0 Å². The Morgan fingerprint density at radius 3 is 2.69 bits per heavy atom. The Morgan fingerprint density at radius 1 is 1.16 bits per heavy atom. The molecule has 1 amide bonds. The van der Waals surface area contributed by atoms with Crippen molar-refractivity contribution in [3.05, 3.63) is 88.5 Å². The summed E-state index contributed by atoms with van der Waals surface area (Å²) in [6.45, 7) is 0.818. The van der Waals surface area contributed by atoms with Gasteiger partial charge in [-0.2, -0.15) is 0 Å². The Labute approximate surface area is 188 Å². The van der Waals surface area contributed by atoms with Crippen LogP contribution >= 0.6 is 11.6 Å². The van der Waals surface area contributed by atoms with E-state index in [2.05, 4.69) is 15.3 Å². The van der Waals surface area contributed by atoms with Crippen LogP contribution in [-0.4, -0.2) is 30.8 Å². The lowest BCUT2D eigenvalue weighted by Crippen LogP contribution is -2.23. The number of amides is 1. The molecule has 3 heterocycles. The minimum absolute atomic E-state index is 0.0417. The van der Waals surface area contributed by atoms with Gasteiger partial charge in [-0.05, 0) is 29.3 Å². The van der Waals surface area contributed by atoms with E-state index >= 15 is 0 Å².